The molecule has 21 heavy (non-hydrogen) atoms. The molecule has 0 atom stereocenters. The number of hydrogen-bond donors (Lipinski definition) is 2. The Labute approximate surface area is 123 Å². The fourth-order valence-corrected chi connectivity index (χ4v) is 2.29. The Bertz CT molecular complexity index is 716. The van der Waals surface area contributed by atoms with E-state index in [0.717, 1.165) is 40.2 Å². The minimum atomic E-state index is -0.0485. The number of hydrogen-bond acceptors (Lipinski definition) is 3. The van der Waals surface area contributed by atoms with Gasteiger partial charge in [0.25, 0.3) is 0 Å². The van der Waals surface area contributed by atoms with Gasteiger partial charge in [-0.3, -0.25) is 0 Å². The molecule has 0 radical (unpaired) electrons. The highest BCUT2D eigenvalue weighted by Gasteiger charge is 2.09. The smallest absolute Gasteiger partial charge is 0.138 e. The SMILES string of the molecule is CCCOc1ccc(-c2nc3ccccc3[nH]2)cc1CO. The summed E-state index contributed by atoms with van der Waals surface area (Å²) in [5, 5.41) is 9.52. The normalized spacial score (nSPS) is 11.0. The van der Waals surface area contributed by atoms with Crippen molar-refractivity contribution in [1.29, 1.82) is 0 Å². The molecule has 0 fully saturated rings. The first-order valence-electron chi connectivity index (χ1n) is 7.13. The van der Waals surface area contributed by atoms with Crippen molar-refractivity contribution in [2.45, 2.75) is 20.0 Å². The third-order valence-corrected chi connectivity index (χ3v) is 3.36. The van der Waals surface area contributed by atoms with E-state index in [0.29, 0.717) is 6.61 Å². The van der Waals surface area contributed by atoms with Crippen LogP contribution >= 0.6 is 0 Å². The monoisotopic (exact) mass is 282 g/mol. The van der Waals surface area contributed by atoms with E-state index in [4.69, 9.17) is 4.74 Å². The molecule has 1 aromatic heterocycles. The van der Waals surface area contributed by atoms with Crippen LogP contribution in [0.15, 0.2) is 42.5 Å². The Morgan fingerprint density at radius 3 is 2.81 bits per heavy atom. The maximum atomic E-state index is 9.52. The largest absolute Gasteiger partial charge is 0.493 e. The van der Waals surface area contributed by atoms with Gasteiger partial charge in [0.15, 0.2) is 0 Å². The van der Waals surface area contributed by atoms with Gasteiger partial charge in [-0.25, -0.2) is 4.98 Å². The second kappa shape index (κ2) is 5.97. The molecular weight excluding hydrogens is 264 g/mol. The molecule has 0 saturated carbocycles. The first-order chi connectivity index (χ1) is 10.3. The zero-order chi connectivity index (χ0) is 14.7. The van der Waals surface area contributed by atoms with Gasteiger partial charge in [0, 0.05) is 11.1 Å². The van der Waals surface area contributed by atoms with Crippen molar-refractivity contribution in [2.75, 3.05) is 6.61 Å². The summed E-state index contributed by atoms with van der Waals surface area (Å²) in [6.45, 7) is 2.66. The van der Waals surface area contributed by atoms with E-state index < -0.39 is 0 Å². The van der Waals surface area contributed by atoms with Crippen molar-refractivity contribution < 1.29 is 9.84 Å². The number of para-hydroxylation sites is 2. The number of nitrogens with zero attached hydrogens (tertiary/aromatic N) is 1. The Morgan fingerprint density at radius 2 is 2.05 bits per heavy atom. The zero-order valence-electron chi connectivity index (χ0n) is 12.0. The van der Waals surface area contributed by atoms with Gasteiger partial charge in [0.2, 0.25) is 0 Å². The highest BCUT2D eigenvalue weighted by atomic mass is 16.5. The number of aromatic amines is 1. The molecule has 0 bridgehead atoms. The standard InChI is InChI=1S/C17H18N2O2/c1-2-9-21-16-8-7-12(10-13(16)11-20)17-18-14-5-3-4-6-15(14)19-17/h3-8,10,20H,2,9,11H2,1H3,(H,18,19). The van der Waals surface area contributed by atoms with Crippen LogP contribution in [0, 0.1) is 0 Å². The Kier molecular flexibility index (Phi) is 3.88. The van der Waals surface area contributed by atoms with Crippen molar-refractivity contribution in [1.82, 2.24) is 9.97 Å². The van der Waals surface area contributed by atoms with Crippen LogP contribution in [0.5, 0.6) is 5.75 Å². The molecule has 4 heteroatoms. The van der Waals surface area contributed by atoms with Crippen molar-refractivity contribution in [2.24, 2.45) is 0 Å². The van der Waals surface area contributed by atoms with Gasteiger partial charge in [-0.2, -0.15) is 0 Å². The second-order valence-electron chi connectivity index (χ2n) is 4.93. The van der Waals surface area contributed by atoms with Gasteiger partial charge in [-0.05, 0) is 36.8 Å². The topological polar surface area (TPSA) is 58.1 Å². The Hall–Kier alpha value is -2.33. The fraction of sp³-hybridized carbons (Fsp3) is 0.235. The maximum absolute atomic E-state index is 9.52. The van der Waals surface area contributed by atoms with Crippen LogP contribution in [0.1, 0.15) is 18.9 Å². The molecule has 0 aliphatic heterocycles. The number of imidazole rings is 1. The first-order valence-corrected chi connectivity index (χ1v) is 7.13. The van der Waals surface area contributed by atoms with Crippen molar-refractivity contribution >= 4 is 11.0 Å². The van der Waals surface area contributed by atoms with Crippen LogP contribution in [0.25, 0.3) is 22.4 Å². The lowest BCUT2D eigenvalue weighted by atomic mass is 10.1. The highest BCUT2D eigenvalue weighted by Crippen LogP contribution is 2.27. The van der Waals surface area contributed by atoms with Crippen LogP contribution < -0.4 is 4.74 Å². The van der Waals surface area contributed by atoms with Crippen molar-refractivity contribution in [3.05, 3.63) is 48.0 Å². The van der Waals surface area contributed by atoms with Crippen molar-refractivity contribution in [3.63, 3.8) is 0 Å². The first kappa shape index (κ1) is 13.6. The van der Waals surface area contributed by atoms with Gasteiger partial charge in [0.05, 0.1) is 24.2 Å². The molecule has 0 saturated heterocycles. The van der Waals surface area contributed by atoms with Gasteiger partial charge in [0.1, 0.15) is 11.6 Å². The molecular formula is C17H18N2O2. The van der Waals surface area contributed by atoms with Crippen LogP contribution in [0.3, 0.4) is 0 Å². The lowest BCUT2D eigenvalue weighted by Gasteiger charge is -2.10. The summed E-state index contributed by atoms with van der Waals surface area (Å²) in [4.78, 5) is 7.86. The maximum Gasteiger partial charge on any atom is 0.138 e. The number of nitrogens with one attached hydrogen (secondary N) is 1. The number of ether oxygens (including phenoxy) is 1. The molecule has 2 aromatic carbocycles. The molecule has 1 heterocycles. The number of benzene rings is 2. The lowest BCUT2D eigenvalue weighted by molar-refractivity contribution is 0.263. The van der Waals surface area contributed by atoms with E-state index in [1.807, 2.05) is 42.5 Å². The number of fused-ring (bicyclic) bond motifs is 1. The van der Waals surface area contributed by atoms with E-state index in [1.54, 1.807) is 0 Å². The zero-order valence-corrected chi connectivity index (χ0v) is 12.0. The second-order valence-corrected chi connectivity index (χ2v) is 4.93. The van der Waals surface area contributed by atoms with Crippen LogP contribution in [0.2, 0.25) is 0 Å². The predicted molar refractivity (Wildman–Crippen MR) is 83.2 cm³/mol. The fourth-order valence-electron chi connectivity index (χ4n) is 2.29. The van der Waals surface area contributed by atoms with Gasteiger partial charge >= 0.3 is 0 Å². The van der Waals surface area contributed by atoms with E-state index in [2.05, 4.69) is 16.9 Å². The Balaban J connectivity index is 1.98. The third-order valence-electron chi connectivity index (χ3n) is 3.36. The van der Waals surface area contributed by atoms with Gasteiger partial charge in [-0.15, -0.1) is 0 Å². The molecule has 0 aliphatic carbocycles. The molecule has 2 N–H and O–H groups in total. The number of aliphatic hydroxyl groups is 1. The summed E-state index contributed by atoms with van der Waals surface area (Å²) in [6, 6.07) is 13.7. The Morgan fingerprint density at radius 1 is 1.19 bits per heavy atom. The average Bonchev–Trinajstić information content (AvgIpc) is 2.96. The predicted octanol–water partition coefficient (Wildman–Crippen LogP) is 3.51. The van der Waals surface area contributed by atoms with Crippen LogP contribution in [-0.4, -0.2) is 21.7 Å². The summed E-state index contributed by atoms with van der Waals surface area (Å²) < 4.78 is 5.64. The minimum Gasteiger partial charge on any atom is -0.493 e. The van der Waals surface area contributed by atoms with Crippen LogP contribution in [-0.2, 0) is 6.61 Å². The molecule has 0 unspecified atom stereocenters. The molecule has 0 spiro atoms. The summed E-state index contributed by atoms with van der Waals surface area (Å²) in [7, 11) is 0. The molecule has 0 amide bonds. The number of rotatable bonds is 5. The minimum absolute atomic E-state index is 0.0485. The van der Waals surface area contributed by atoms with E-state index >= 15 is 0 Å². The van der Waals surface area contributed by atoms with E-state index in [9.17, 15) is 5.11 Å². The molecule has 3 rings (SSSR count). The molecule has 3 aromatic rings. The van der Waals surface area contributed by atoms with Crippen molar-refractivity contribution in [3.8, 4) is 17.1 Å². The number of aliphatic hydroxyl groups excluding tert-OH is 1. The quantitative estimate of drug-likeness (QED) is 0.753. The summed E-state index contributed by atoms with van der Waals surface area (Å²) in [5.74, 6) is 1.53. The third kappa shape index (κ3) is 2.76. The molecule has 108 valence electrons. The summed E-state index contributed by atoms with van der Waals surface area (Å²) in [6.07, 6.45) is 0.941. The molecule has 4 nitrogen and oxygen atoms in total. The number of H-pyrrole nitrogens is 1. The van der Waals surface area contributed by atoms with Gasteiger partial charge in [-0.1, -0.05) is 19.1 Å². The van der Waals surface area contributed by atoms with E-state index in [-0.39, 0.29) is 6.61 Å². The summed E-state index contributed by atoms with van der Waals surface area (Å²) >= 11 is 0. The summed E-state index contributed by atoms with van der Waals surface area (Å²) in [5.41, 5.74) is 3.66. The average molecular weight is 282 g/mol. The van der Waals surface area contributed by atoms with Gasteiger partial charge < -0.3 is 14.8 Å². The lowest BCUT2D eigenvalue weighted by Crippen LogP contribution is -1.99. The molecule has 0 aliphatic rings. The highest BCUT2D eigenvalue weighted by molar-refractivity contribution is 5.79. The van der Waals surface area contributed by atoms with E-state index in [1.165, 1.54) is 0 Å². The number of aromatic nitrogens is 2. The van der Waals surface area contributed by atoms with Crippen LogP contribution in [0.4, 0.5) is 0 Å².